The lowest BCUT2D eigenvalue weighted by molar-refractivity contribution is -0.120. The maximum Gasteiger partial charge on any atom is 0.214 e. The van der Waals surface area contributed by atoms with E-state index in [1.807, 2.05) is 49.4 Å². The lowest BCUT2D eigenvalue weighted by Crippen LogP contribution is -2.09. The van der Waals surface area contributed by atoms with Crippen LogP contribution in [-0.2, 0) is 9.53 Å². The average Bonchev–Trinajstić information content (AvgIpc) is 2.78. The Balaban J connectivity index is 2.03. The van der Waals surface area contributed by atoms with Crippen LogP contribution in [0.25, 0.3) is 5.57 Å². The van der Waals surface area contributed by atoms with Gasteiger partial charge in [-0.15, -0.1) is 0 Å². The Morgan fingerprint density at radius 3 is 2.52 bits per heavy atom. The highest BCUT2D eigenvalue weighted by Crippen LogP contribution is 2.39. The predicted molar refractivity (Wildman–Crippen MR) is 82.6 cm³/mol. The quantitative estimate of drug-likeness (QED) is 0.921. The van der Waals surface area contributed by atoms with E-state index in [9.17, 15) is 4.79 Å². The number of Topliss-reactive ketones (excluding diaryl/α,β-unsaturated/α-hetero) is 1. The molecule has 1 heterocycles. The number of hydrogen-bond acceptors (Lipinski definition) is 3. The smallest absolute Gasteiger partial charge is 0.214 e. The summed E-state index contributed by atoms with van der Waals surface area (Å²) in [5.41, 5.74) is 8.58. The van der Waals surface area contributed by atoms with Gasteiger partial charge in [-0.25, -0.2) is 0 Å². The monoisotopic (exact) mass is 299 g/mol. The number of hydrogen-bond donors (Lipinski definition) is 1. The first-order valence-electron chi connectivity index (χ1n) is 6.60. The summed E-state index contributed by atoms with van der Waals surface area (Å²) in [6.45, 7) is 1.89. The summed E-state index contributed by atoms with van der Waals surface area (Å²) < 4.78 is 5.57. The Morgan fingerprint density at radius 2 is 1.81 bits per heavy atom. The number of carbonyl (C=O) groups excluding carboxylic acids is 1. The molecule has 0 bridgehead atoms. The van der Waals surface area contributed by atoms with E-state index >= 15 is 0 Å². The van der Waals surface area contributed by atoms with E-state index < -0.39 is 6.10 Å². The minimum atomic E-state index is -0.697. The molecule has 106 valence electrons. The fraction of sp³-hybridized carbons (Fsp3) is 0.118. The van der Waals surface area contributed by atoms with Crippen molar-refractivity contribution in [1.82, 2.24) is 0 Å². The van der Waals surface area contributed by atoms with Crippen LogP contribution >= 0.6 is 11.6 Å². The van der Waals surface area contributed by atoms with Gasteiger partial charge in [0.2, 0.25) is 5.78 Å². The Kier molecular flexibility index (Phi) is 3.43. The van der Waals surface area contributed by atoms with Crippen molar-refractivity contribution in [1.29, 1.82) is 0 Å². The van der Waals surface area contributed by atoms with Gasteiger partial charge >= 0.3 is 0 Å². The molecule has 0 fully saturated rings. The van der Waals surface area contributed by atoms with Gasteiger partial charge in [-0.1, -0.05) is 60.1 Å². The first kappa shape index (κ1) is 13.7. The largest absolute Gasteiger partial charge is 0.462 e. The molecule has 2 aromatic rings. The lowest BCUT2D eigenvalue weighted by Gasteiger charge is -2.10. The molecule has 1 aliphatic heterocycles. The summed E-state index contributed by atoms with van der Waals surface area (Å²) in [5, 5.41) is 0.529. The van der Waals surface area contributed by atoms with Crippen LogP contribution in [0.15, 0.2) is 54.4 Å². The summed E-state index contributed by atoms with van der Waals surface area (Å²) in [5.74, 6) is -0.0347. The summed E-state index contributed by atoms with van der Waals surface area (Å²) in [7, 11) is 0. The van der Waals surface area contributed by atoms with Crippen LogP contribution in [0.5, 0.6) is 0 Å². The van der Waals surface area contributed by atoms with E-state index in [0.29, 0.717) is 16.2 Å². The summed E-state index contributed by atoms with van der Waals surface area (Å²) >= 11 is 6.30. The molecule has 0 radical (unpaired) electrons. The fourth-order valence-electron chi connectivity index (χ4n) is 2.45. The highest BCUT2D eigenvalue weighted by Gasteiger charge is 2.36. The number of nitrogens with two attached hydrogens (primary N) is 1. The molecular formula is C17H14ClNO2. The van der Waals surface area contributed by atoms with Gasteiger partial charge < -0.3 is 10.5 Å². The Morgan fingerprint density at radius 1 is 1.10 bits per heavy atom. The second-order valence-corrected chi connectivity index (χ2v) is 5.33. The van der Waals surface area contributed by atoms with E-state index in [-0.39, 0.29) is 11.7 Å². The van der Waals surface area contributed by atoms with Gasteiger partial charge in [0.25, 0.3) is 0 Å². The van der Waals surface area contributed by atoms with Crippen molar-refractivity contribution < 1.29 is 9.53 Å². The highest BCUT2D eigenvalue weighted by molar-refractivity contribution is 6.36. The first-order valence-corrected chi connectivity index (χ1v) is 6.98. The predicted octanol–water partition coefficient (Wildman–Crippen LogP) is 3.62. The van der Waals surface area contributed by atoms with Crippen molar-refractivity contribution in [3.8, 4) is 0 Å². The topological polar surface area (TPSA) is 52.3 Å². The van der Waals surface area contributed by atoms with Gasteiger partial charge in [-0.2, -0.15) is 0 Å². The van der Waals surface area contributed by atoms with Crippen molar-refractivity contribution in [2.24, 2.45) is 5.73 Å². The zero-order chi connectivity index (χ0) is 15.0. The van der Waals surface area contributed by atoms with Crippen molar-refractivity contribution in [2.45, 2.75) is 13.0 Å². The van der Waals surface area contributed by atoms with Crippen LogP contribution in [0.4, 0.5) is 0 Å². The number of halogens is 1. The molecule has 1 unspecified atom stereocenters. The third-order valence-corrected chi connectivity index (χ3v) is 4.04. The van der Waals surface area contributed by atoms with Crippen LogP contribution in [0, 0.1) is 6.92 Å². The van der Waals surface area contributed by atoms with E-state index in [1.54, 1.807) is 6.07 Å². The molecule has 0 amide bonds. The number of aryl methyl sites for hydroxylation is 1. The molecule has 2 aromatic carbocycles. The van der Waals surface area contributed by atoms with Crippen LogP contribution in [0.3, 0.4) is 0 Å². The SMILES string of the molecule is Cc1cccc(C2=C(N)OC(c3ccccc3)C2=O)c1Cl. The Labute approximate surface area is 128 Å². The zero-order valence-electron chi connectivity index (χ0n) is 11.5. The Hall–Kier alpha value is -2.26. The molecule has 0 saturated heterocycles. The van der Waals surface area contributed by atoms with Crippen LogP contribution < -0.4 is 5.73 Å². The van der Waals surface area contributed by atoms with Gasteiger partial charge in [-0.3, -0.25) is 4.79 Å². The number of benzene rings is 2. The molecule has 2 N–H and O–H groups in total. The third kappa shape index (κ3) is 2.30. The first-order chi connectivity index (χ1) is 10.1. The van der Waals surface area contributed by atoms with Crippen LogP contribution in [-0.4, -0.2) is 5.78 Å². The molecule has 0 aliphatic carbocycles. The summed E-state index contributed by atoms with van der Waals surface area (Å²) in [6.07, 6.45) is -0.697. The van der Waals surface area contributed by atoms with Crippen molar-refractivity contribution >= 4 is 23.0 Å². The average molecular weight is 300 g/mol. The molecular weight excluding hydrogens is 286 g/mol. The molecule has 0 spiro atoms. The molecule has 1 aliphatic rings. The number of rotatable bonds is 2. The maximum atomic E-state index is 12.7. The third-order valence-electron chi connectivity index (χ3n) is 3.54. The summed E-state index contributed by atoms with van der Waals surface area (Å²) in [6, 6.07) is 14.8. The van der Waals surface area contributed by atoms with Crippen LogP contribution in [0.1, 0.15) is 22.8 Å². The van der Waals surface area contributed by atoms with Gasteiger partial charge in [0.15, 0.2) is 12.0 Å². The maximum absolute atomic E-state index is 12.7. The lowest BCUT2D eigenvalue weighted by atomic mass is 9.96. The highest BCUT2D eigenvalue weighted by atomic mass is 35.5. The molecule has 3 nitrogen and oxygen atoms in total. The molecule has 1 atom stereocenters. The number of ketones is 1. The molecule has 4 heteroatoms. The van der Waals surface area contributed by atoms with Gasteiger partial charge in [-0.05, 0) is 12.5 Å². The number of ether oxygens (including phenoxy) is 1. The molecule has 0 aromatic heterocycles. The van der Waals surface area contributed by atoms with Crippen LogP contribution in [0.2, 0.25) is 5.02 Å². The minimum Gasteiger partial charge on any atom is -0.462 e. The molecule has 0 saturated carbocycles. The normalized spacial score (nSPS) is 18.0. The van der Waals surface area contributed by atoms with Crippen molar-refractivity contribution in [2.75, 3.05) is 0 Å². The second kappa shape index (κ2) is 5.26. The zero-order valence-corrected chi connectivity index (χ0v) is 12.2. The fourth-order valence-corrected chi connectivity index (χ4v) is 2.67. The van der Waals surface area contributed by atoms with E-state index in [1.165, 1.54) is 0 Å². The van der Waals surface area contributed by atoms with Gasteiger partial charge in [0.05, 0.1) is 10.6 Å². The molecule has 3 rings (SSSR count). The Bertz CT molecular complexity index is 738. The van der Waals surface area contributed by atoms with Crippen molar-refractivity contribution in [3.05, 3.63) is 76.1 Å². The standard InChI is InChI=1S/C17H14ClNO2/c1-10-6-5-9-12(14(10)18)13-15(20)16(21-17(13)19)11-7-3-2-4-8-11/h2-9,16H,19H2,1H3. The van der Waals surface area contributed by atoms with Gasteiger partial charge in [0, 0.05) is 11.1 Å². The van der Waals surface area contributed by atoms with E-state index in [0.717, 1.165) is 11.1 Å². The number of carbonyl (C=O) groups is 1. The van der Waals surface area contributed by atoms with Gasteiger partial charge in [0.1, 0.15) is 0 Å². The van der Waals surface area contributed by atoms with E-state index in [2.05, 4.69) is 0 Å². The molecule has 21 heavy (non-hydrogen) atoms. The summed E-state index contributed by atoms with van der Waals surface area (Å²) in [4.78, 5) is 12.7. The minimum absolute atomic E-state index is 0.126. The van der Waals surface area contributed by atoms with Crippen molar-refractivity contribution in [3.63, 3.8) is 0 Å². The van der Waals surface area contributed by atoms with E-state index in [4.69, 9.17) is 22.1 Å². The second-order valence-electron chi connectivity index (χ2n) is 4.95.